The van der Waals surface area contributed by atoms with E-state index in [-0.39, 0.29) is 17.3 Å². The first kappa shape index (κ1) is 18.0. The normalized spacial score (nSPS) is 11.2. The van der Waals surface area contributed by atoms with Crippen LogP contribution in [0.4, 0.5) is 10.5 Å². The minimum Gasteiger partial charge on any atom is -0.337 e. The number of nitrogens with one attached hydrogen (secondary N) is 3. The molecule has 0 aliphatic rings. The summed E-state index contributed by atoms with van der Waals surface area (Å²) >= 11 is 12.8. The lowest BCUT2D eigenvalue weighted by molar-refractivity contribution is 0.252. The van der Waals surface area contributed by atoms with Crippen LogP contribution in [0.25, 0.3) is 0 Å². The van der Waals surface area contributed by atoms with Crippen LogP contribution >= 0.6 is 34.5 Å². The summed E-state index contributed by atoms with van der Waals surface area (Å²) in [4.78, 5) is 11.7. The molecule has 124 valence electrons. The number of sulfonamides is 1. The molecule has 0 radical (unpaired) electrons. The Morgan fingerprint density at radius 1 is 1.13 bits per heavy atom. The zero-order valence-electron chi connectivity index (χ0n) is 11.7. The highest BCUT2D eigenvalue weighted by Gasteiger charge is 2.14. The maximum atomic E-state index is 11.8. The van der Waals surface area contributed by atoms with Crippen molar-refractivity contribution >= 4 is 56.3 Å². The van der Waals surface area contributed by atoms with Crippen LogP contribution in [0.5, 0.6) is 0 Å². The fraction of sp³-hybridized carbons (Fsp3) is 0.154. The number of urea groups is 1. The van der Waals surface area contributed by atoms with Crippen molar-refractivity contribution in [2.75, 3.05) is 18.4 Å². The van der Waals surface area contributed by atoms with Crippen molar-refractivity contribution in [2.24, 2.45) is 0 Å². The number of amides is 2. The fourth-order valence-corrected chi connectivity index (χ4v) is 4.25. The van der Waals surface area contributed by atoms with Crippen molar-refractivity contribution in [3.05, 3.63) is 45.8 Å². The van der Waals surface area contributed by atoms with Crippen LogP contribution in [0, 0.1) is 0 Å². The summed E-state index contributed by atoms with van der Waals surface area (Å²) in [6.45, 7) is 0.203. The van der Waals surface area contributed by atoms with Crippen molar-refractivity contribution in [3.8, 4) is 0 Å². The molecule has 0 aliphatic heterocycles. The summed E-state index contributed by atoms with van der Waals surface area (Å²) in [6, 6.07) is 7.32. The van der Waals surface area contributed by atoms with E-state index in [1.54, 1.807) is 29.6 Å². The highest BCUT2D eigenvalue weighted by molar-refractivity contribution is 7.91. The Hall–Kier alpha value is -1.32. The first-order valence-electron chi connectivity index (χ1n) is 6.41. The van der Waals surface area contributed by atoms with Crippen LogP contribution < -0.4 is 15.4 Å². The number of rotatable bonds is 6. The predicted octanol–water partition coefficient (Wildman–Crippen LogP) is 3.15. The Kier molecular flexibility index (Phi) is 6.25. The summed E-state index contributed by atoms with van der Waals surface area (Å²) in [6.07, 6.45) is 0. The number of benzene rings is 1. The summed E-state index contributed by atoms with van der Waals surface area (Å²) < 4.78 is 26.3. The number of anilines is 1. The van der Waals surface area contributed by atoms with Gasteiger partial charge < -0.3 is 10.6 Å². The van der Waals surface area contributed by atoms with Gasteiger partial charge in [0.15, 0.2) is 0 Å². The largest absolute Gasteiger partial charge is 0.337 e. The quantitative estimate of drug-likeness (QED) is 0.658. The van der Waals surface area contributed by atoms with Gasteiger partial charge in [0.05, 0.1) is 0 Å². The fourth-order valence-electron chi connectivity index (χ4n) is 1.65. The van der Waals surface area contributed by atoms with E-state index in [1.807, 2.05) is 0 Å². The van der Waals surface area contributed by atoms with Crippen LogP contribution in [-0.4, -0.2) is 27.5 Å². The standard InChI is InChI=1S/C13H13Cl2N3O3S2/c14-9-6-10(15)8-11(7-9)18-13(19)16-3-4-17-23(20,21)12-2-1-5-22-12/h1-2,5-8,17H,3-4H2,(H2,16,18,19). The predicted molar refractivity (Wildman–Crippen MR) is 93.0 cm³/mol. The van der Waals surface area contributed by atoms with Gasteiger partial charge in [0.2, 0.25) is 10.0 Å². The minimum absolute atomic E-state index is 0.0734. The Labute approximate surface area is 147 Å². The van der Waals surface area contributed by atoms with Gasteiger partial charge in [-0.15, -0.1) is 11.3 Å². The molecule has 0 fully saturated rings. The van der Waals surface area contributed by atoms with Crippen LogP contribution in [0.1, 0.15) is 0 Å². The topological polar surface area (TPSA) is 87.3 Å². The molecular formula is C13H13Cl2N3O3S2. The molecule has 0 bridgehead atoms. The molecule has 1 aromatic heterocycles. The molecule has 1 aromatic carbocycles. The van der Waals surface area contributed by atoms with Gasteiger partial charge in [-0.3, -0.25) is 0 Å². The molecule has 23 heavy (non-hydrogen) atoms. The van der Waals surface area contributed by atoms with E-state index in [0.717, 1.165) is 11.3 Å². The summed E-state index contributed by atoms with van der Waals surface area (Å²) in [5, 5.41) is 7.56. The minimum atomic E-state index is -3.52. The van der Waals surface area contributed by atoms with Gasteiger partial charge in [0, 0.05) is 28.8 Å². The van der Waals surface area contributed by atoms with Gasteiger partial charge >= 0.3 is 6.03 Å². The van der Waals surface area contributed by atoms with Crippen molar-refractivity contribution in [3.63, 3.8) is 0 Å². The first-order valence-corrected chi connectivity index (χ1v) is 9.53. The third kappa shape index (κ3) is 5.67. The van der Waals surface area contributed by atoms with Gasteiger partial charge in [0.25, 0.3) is 0 Å². The monoisotopic (exact) mass is 393 g/mol. The lowest BCUT2D eigenvalue weighted by Gasteiger charge is -2.09. The highest BCUT2D eigenvalue weighted by atomic mass is 35.5. The van der Waals surface area contributed by atoms with E-state index in [9.17, 15) is 13.2 Å². The second-order valence-corrected chi connectivity index (χ2v) is 8.18. The van der Waals surface area contributed by atoms with E-state index in [2.05, 4.69) is 15.4 Å². The molecule has 10 heteroatoms. The molecule has 0 saturated carbocycles. The van der Waals surface area contributed by atoms with E-state index in [0.29, 0.717) is 15.7 Å². The number of carbonyl (C=O) groups excluding carboxylic acids is 1. The maximum absolute atomic E-state index is 11.8. The number of halogens is 2. The second-order valence-electron chi connectivity index (χ2n) is 4.37. The third-order valence-corrected chi connectivity index (χ3v) is 5.88. The Bertz CT molecular complexity index is 760. The lowest BCUT2D eigenvalue weighted by Crippen LogP contribution is -2.36. The molecule has 2 aromatic rings. The number of carbonyl (C=O) groups is 1. The second kappa shape index (κ2) is 7.98. The molecule has 2 rings (SSSR count). The van der Waals surface area contributed by atoms with Gasteiger partial charge in [0.1, 0.15) is 4.21 Å². The van der Waals surface area contributed by atoms with E-state index in [4.69, 9.17) is 23.2 Å². The molecule has 1 heterocycles. The molecule has 2 amide bonds. The molecule has 0 saturated heterocycles. The molecule has 0 unspecified atom stereocenters. The summed E-state index contributed by atoms with van der Waals surface area (Å²) in [7, 11) is -3.52. The summed E-state index contributed by atoms with van der Waals surface area (Å²) in [5.41, 5.74) is 0.444. The van der Waals surface area contributed by atoms with Crippen LogP contribution in [-0.2, 0) is 10.0 Å². The zero-order chi connectivity index (χ0) is 16.9. The number of thiophene rings is 1. The Morgan fingerprint density at radius 3 is 2.43 bits per heavy atom. The van der Waals surface area contributed by atoms with Crippen molar-refractivity contribution in [1.82, 2.24) is 10.0 Å². The molecule has 0 aliphatic carbocycles. The van der Waals surface area contributed by atoms with Crippen molar-refractivity contribution < 1.29 is 13.2 Å². The molecule has 3 N–H and O–H groups in total. The average molecular weight is 394 g/mol. The number of hydrogen-bond donors (Lipinski definition) is 3. The molecule has 6 nitrogen and oxygen atoms in total. The maximum Gasteiger partial charge on any atom is 0.319 e. The SMILES string of the molecule is O=C(NCCNS(=O)(=O)c1cccs1)Nc1cc(Cl)cc(Cl)c1. The van der Waals surface area contributed by atoms with E-state index < -0.39 is 16.1 Å². The van der Waals surface area contributed by atoms with E-state index >= 15 is 0 Å². The third-order valence-electron chi connectivity index (χ3n) is 2.58. The number of hydrogen-bond acceptors (Lipinski definition) is 4. The van der Waals surface area contributed by atoms with Gasteiger partial charge in [-0.2, -0.15) is 0 Å². The van der Waals surface area contributed by atoms with Gasteiger partial charge in [-0.1, -0.05) is 29.3 Å². The van der Waals surface area contributed by atoms with Crippen LogP contribution in [0.15, 0.2) is 39.9 Å². The summed E-state index contributed by atoms with van der Waals surface area (Å²) in [5.74, 6) is 0. The van der Waals surface area contributed by atoms with E-state index in [1.165, 1.54) is 6.07 Å². The molecular weight excluding hydrogens is 381 g/mol. The van der Waals surface area contributed by atoms with Crippen LogP contribution in [0.3, 0.4) is 0 Å². The first-order chi connectivity index (χ1) is 10.9. The smallest absolute Gasteiger partial charge is 0.319 e. The van der Waals surface area contributed by atoms with Crippen LogP contribution in [0.2, 0.25) is 10.0 Å². The van der Waals surface area contributed by atoms with Crippen molar-refractivity contribution in [1.29, 1.82) is 0 Å². The van der Waals surface area contributed by atoms with Gasteiger partial charge in [-0.05, 0) is 29.6 Å². The molecule has 0 atom stereocenters. The Morgan fingerprint density at radius 2 is 1.83 bits per heavy atom. The average Bonchev–Trinajstić information content (AvgIpc) is 2.97. The zero-order valence-corrected chi connectivity index (χ0v) is 14.8. The Balaban J connectivity index is 1.77. The van der Waals surface area contributed by atoms with Crippen molar-refractivity contribution in [2.45, 2.75) is 4.21 Å². The highest BCUT2D eigenvalue weighted by Crippen LogP contribution is 2.22. The molecule has 0 spiro atoms. The lowest BCUT2D eigenvalue weighted by atomic mass is 10.3. The van der Waals surface area contributed by atoms with Gasteiger partial charge in [-0.25, -0.2) is 17.9 Å².